The summed E-state index contributed by atoms with van der Waals surface area (Å²) in [6, 6.07) is 20.7. The Morgan fingerprint density at radius 3 is 2.41 bits per heavy atom. The number of hydrogen-bond donors (Lipinski definition) is 2. The zero-order chi connectivity index (χ0) is 26.6. The summed E-state index contributed by atoms with van der Waals surface area (Å²) >= 11 is 0. The molecule has 3 aromatic carbocycles. The van der Waals surface area contributed by atoms with Crippen LogP contribution in [0.3, 0.4) is 0 Å². The van der Waals surface area contributed by atoms with Gasteiger partial charge in [0.05, 0.1) is 28.2 Å². The highest BCUT2D eigenvalue weighted by molar-refractivity contribution is 7.92. The molecule has 3 N–H and O–H groups in total. The Morgan fingerprint density at radius 1 is 1.05 bits per heavy atom. The molecule has 0 atom stereocenters. The van der Waals surface area contributed by atoms with Gasteiger partial charge in [-0.3, -0.25) is 14.5 Å². The highest BCUT2D eigenvalue weighted by Crippen LogP contribution is 2.28. The Kier molecular flexibility index (Phi) is 7.58. The Balaban J connectivity index is 1.64. The summed E-state index contributed by atoms with van der Waals surface area (Å²) in [5, 5.41) is 7.52. The largest absolute Gasteiger partial charge is 0.465 e. The maximum absolute atomic E-state index is 13.5. The van der Waals surface area contributed by atoms with Crippen molar-refractivity contribution in [2.24, 2.45) is 12.8 Å². The number of nitrogens with two attached hydrogens (primary N) is 1. The van der Waals surface area contributed by atoms with Crippen LogP contribution in [-0.4, -0.2) is 42.9 Å². The van der Waals surface area contributed by atoms with Crippen molar-refractivity contribution in [3.8, 4) is 0 Å². The fraction of sp³-hybridized carbons (Fsp3) is 0.222. The number of amidine groups is 1. The van der Waals surface area contributed by atoms with Crippen LogP contribution in [0.25, 0.3) is 11.0 Å². The molecule has 192 valence electrons. The molecule has 0 aliphatic carbocycles. The molecule has 0 amide bonds. The van der Waals surface area contributed by atoms with Crippen LogP contribution in [0, 0.1) is 5.41 Å². The van der Waals surface area contributed by atoms with Gasteiger partial charge in [-0.25, -0.2) is 13.4 Å². The van der Waals surface area contributed by atoms with E-state index < -0.39 is 22.5 Å². The van der Waals surface area contributed by atoms with E-state index in [0.29, 0.717) is 23.2 Å². The summed E-state index contributed by atoms with van der Waals surface area (Å²) in [5.41, 5.74) is 9.10. The van der Waals surface area contributed by atoms with Gasteiger partial charge in [0.15, 0.2) is 0 Å². The van der Waals surface area contributed by atoms with Crippen LogP contribution < -0.4 is 10.0 Å². The molecule has 4 rings (SSSR count). The first-order valence-electron chi connectivity index (χ1n) is 11.8. The number of imidazole rings is 1. The van der Waals surface area contributed by atoms with Crippen LogP contribution in [0.2, 0.25) is 0 Å². The number of aromatic nitrogens is 2. The number of benzene rings is 3. The minimum atomic E-state index is -4.02. The molecule has 0 fully saturated rings. The van der Waals surface area contributed by atoms with Gasteiger partial charge in [-0.2, -0.15) is 0 Å². The van der Waals surface area contributed by atoms with Crippen molar-refractivity contribution in [2.75, 3.05) is 17.5 Å². The molecule has 0 unspecified atom stereocenters. The SMILES string of the molecule is CCOC(=O)CN(c1ccc2c(c1)nc(CCc1ccc(C(=N)N)cc1)n2C)S(=O)(=O)c1ccccc1. The third kappa shape index (κ3) is 5.64. The van der Waals surface area contributed by atoms with Gasteiger partial charge in [-0.1, -0.05) is 42.5 Å². The number of nitrogens with zero attached hydrogens (tertiary/aromatic N) is 3. The van der Waals surface area contributed by atoms with E-state index in [9.17, 15) is 13.2 Å². The molecule has 0 aliphatic rings. The minimum absolute atomic E-state index is 0.0315. The lowest BCUT2D eigenvalue weighted by atomic mass is 10.1. The Labute approximate surface area is 216 Å². The number of sulfonamides is 1. The minimum Gasteiger partial charge on any atom is -0.465 e. The summed E-state index contributed by atoms with van der Waals surface area (Å²) in [4.78, 5) is 17.2. The van der Waals surface area contributed by atoms with Gasteiger partial charge < -0.3 is 15.0 Å². The van der Waals surface area contributed by atoms with Crippen LogP contribution in [0.5, 0.6) is 0 Å². The fourth-order valence-electron chi connectivity index (χ4n) is 4.08. The standard InChI is InChI=1S/C27H29N5O4S/c1-3-36-26(33)18-32(37(34,35)22-7-5-4-6-8-22)21-14-15-24-23(17-21)30-25(31(24)2)16-11-19-9-12-20(13-10-19)27(28)29/h4-10,12-15,17H,3,11,16,18H2,1-2H3,(H3,28,29). The summed E-state index contributed by atoms with van der Waals surface area (Å²) in [7, 11) is -2.10. The van der Waals surface area contributed by atoms with Crippen molar-refractivity contribution < 1.29 is 17.9 Å². The van der Waals surface area contributed by atoms with E-state index >= 15 is 0 Å². The van der Waals surface area contributed by atoms with Crippen LogP contribution in [0.15, 0.2) is 77.7 Å². The molecule has 0 aliphatic heterocycles. The average molecular weight is 520 g/mol. The lowest BCUT2D eigenvalue weighted by Gasteiger charge is -2.23. The van der Waals surface area contributed by atoms with Crippen LogP contribution >= 0.6 is 0 Å². The maximum Gasteiger partial charge on any atom is 0.326 e. The quantitative estimate of drug-likeness (QED) is 0.188. The van der Waals surface area contributed by atoms with E-state index in [4.69, 9.17) is 20.9 Å². The van der Waals surface area contributed by atoms with Gasteiger partial charge in [0, 0.05) is 19.0 Å². The molecule has 0 radical (unpaired) electrons. The lowest BCUT2D eigenvalue weighted by Crippen LogP contribution is -2.36. The van der Waals surface area contributed by atoms with Gasteiger partial charge in [0.25, 0.3) is 10.0 Å². The van der Waals surface area contributed by atoms with Crippen LogP contribution in [-0.2, 0) is 39.4 Å². The van der Waals surface area contributed by atoms with Crippen molar-refractivity contribution in [2.45, 2.75) is 24.7 Å². The number of nitrogen functional groups attached to an aromatic ring is 1. The zero-order valence-corrected chi connectivity index (χ0v) is 21.5. The van der Waals surface area contributed by atoms with Crippen LogP contribution in [0.1, 0.15) is 23.9 Å². The van der Waals surface area contributed by atoms with Gasteiger partial charge >= 0.3 is 5.97 Å². The predicted octanol–water partition coefficient (Wildman–Crippen LogP) is 3.40. The Morgan fingerprint density at radius 2 is 1.76 bits per heavy atom. The van der Waals surface area contributed by atoms with Crippen molar-refractivity contribution in [1.82, 2.24) is 9.55 Å². The summed E-state index contributed by atoms with van der Waals surface area (Å²) in [5.74, 6) is 0.231. The van der Waals surface area contributed by atoms with Gasteiger partial charge in [0.2, 0.25) is 0 Å². The third-order valence-corrected chi connectivity index (χ3v) is 7.84. The number of carbonyl (C=O) groups excluding carboxylic acids is 1. The van der Waals surface area contributed by atoms with Gasteiger partial charge in [-0.05, 0) is 49.2 Å². The molecular weight excluding hydrogens is 490 g/mol. The fourth-order valence-corrected chi connectivity index (χ4v) is 5.50. The number of anilines is 1. The molecular formula is C27H29N5O4S. The zero-order valence-electron chi connectivity index (χ0n) is 20.7. The molecule has 0 spiro atoms. The smallest absolute Gasteiger partial charge is 0.326 e. The number of aryl methyl sites for hydroxylation is 3. The monoisotopic (exact) mass is 519 g/mol. The van der Waals surface area contributed by atoms with Gasteiger partial charge in [-0.15, -0.1) is 0 Å². The number of carbonyl (C=O) groups is 1. The second-order valence-electron chi connectivity index (χ2n) is 8.50. The van der Waals surface area contributed by atoms with Crippen LogP contribution in [0.4, 0.5) is 5.69 Å². The summed E-state index contributed by atoms with van der Waals surface area (Å²) in [6.07, 6.45) is 1.40. The van der Waals surface area contributed by atoms with Crippen molar-refractivity contribution in [3.63, 3.8) is 0 Å². The molecule has 0 bridgehead atoms. The maximum atomic E-state index is 13.5. The second kappa shape index (κ2) is 10.8. The highest BCUT2D eigenvalue weighted by Gasteiger charge is 2.28. The first kappa shape index (κ1) is 25.9. The average Bonchev–Trinajstić information content (AvgIpc) is 3.21. The van der Waals surface area contributed by atoms with Crippen molar-refractivity contribution in [3.05, 3.63) is 89.7 Å². The normalized spacial score (nSPS) is 11.4. The van der Waals surface area contributed by atoms with E-state index in [-0.39, 0.29) is 17.3 Å². The predicted molar refractivity (Wildman–Crippen MR) is 143 cm³/mol. The number of esters is 1. The van der Waals surface area contributed by atoms with Crippen molar-refractivity contribution in [1.29, 1.82) is 5.41 Å². The number of ether oxygens (including phenoxy) is 1. The molecule has 0 saturated carbocycles. The molecule has 4 aromatic rings. The van der Waals surface area contributed by atoms with Gasteiger partial charge in [0.1, 0.15) is 18.2 Å². The molecule has 9 nitrogen and oxygen atoms in total. The third-order valence-electron chi connectivity index (χ3n) is 6.06. The van der Waals surface area contributed by atoms with E-state index in [1.54, 1.807) is 37.3 Å². The topological polar surface area (TPSA) is 131 Å². The van der Waals surface area contributed by atoms with E-state index in [0.717, 1.165) is 27.6 Å². The first-order chi connectivity index (χ1) is 17.7. The van der Waals surface area contributed by atoms with Crippen molar-refractivity contribution >= 4 is 38.5 Å². The number of hydrogen-bond acceptors (Lipinski definition) is 6. The number of fused-ring (bicyclic) bond motifs is 1. The number of rotatable bonds is 10. The molecule has 1 aromatic heterocycles. The van der Waals surface area contributed by atoms with E-state index in [2.05, 4.69) is 0 Å². The second-order valence-corrected chi connectivity index (χ2v) is 10.4. The van der Waals surface area contributed by atoms with E-state index in [1.165, 1.54) is 12.1 Å². The van der Waals surface area contributed by atoms with E-state index in [1.807, 2.05) is 41.9 Å². The summed E-state index contributed by atoms with van der Waals surface area (Å²) < 4.78 is 35.0. The number of nitrogens with one attached hydrogen (secondary N) is 1. The molecule has 1 heterocycles. The summed E-state index contributed by atoms with van der Waals surface area (Å²) in [6.45, 7) is 1.37. The molecule has 37 heavy (non-hydrogen) atoms. The lowest BCUT2D eigenvalue weighted by molar-refractivity contribution is -0.141. The molecule has 10 heteroatoms. The Bertz CT molecular complexity index is 1530. The first-order valence-corrected chi connectivity index (χ1v) is 13.3. The highest BCUT2D eigenvalue weighted by atomic mass is 32.2. The Hall–Kier alpha value is -4.18. The molecule has 0 saturated heterocycles.